The number of piperazine rings is 1. The Morgan fingerprint density at radius 1 is 0.914 bits per heavy atom. The van der Waals surface area contributed by atoms with Gasteiger partial charge in [-0.3, -0.25) is 9.30 Å². The summed E-state index contributed by atoms with van der Waals surface area (Å²) in [5.74, 6) is 0. The average molecular weight is 482 g/mol. The van der Waals surface area contributed by atoms with Gasteiger partial charge in [-0.25, -0.2) is 4.98 Å². The topological polar surface area (TPSA) is 61.6 Å². The lowest BCUT2D eigenvalue weighted by Gasteiger charge is -2.32. The Labute approximate surface area is 208 Å². The number of aromatic nitrogens is 4. The Bertz CT molecular complexity index is 1420. The summed E-state index contributed by atoms with van der Waals surface area (Å²) in [5, 5.41) is 12.0. The quantitative estimate of drug-likeness (QED) is 0.368. The van der Waals surface area contributed by atoms with E-state index >= 15 is 0 Å². The zero-order chi connectivity index (χ0) is 23.6. The SMILES string of the molecule is CN1CCN(Cc2ccc(-c3ccn4c(-c5cccc(Nc6nncs6)c5)cnc4c3)cc2)CC1. The average Bonchev–Trinajstić information content (AvgIpc) is 3.56. The third-order valence-corrected chi connectivity index (χ3v) is 7.18. The van der Waals surface area contributed by atoms with Gasteiger partial charge in [0.05, 0.1) is 11.9 Å². The van der Waals surface area contributed by atoms with Gasteiger partial charge in [-0.05, 0) is 48.0 Å². The Kier molecular flexibility index (Phi) is 5.99. The molecule has 4 heterocycles. The fourth-order valence-electron chi connectivity index (χ4n) is 4.55. The number of benzene rings is 2. The highest BCUT2D eigenvalue weighted by atomic mass is 32.1. The predicted molar refractivity (Wildman–Crippen MR) is 142 cm³/mol. The zero-order valence-corrected chi connectivity index (χ0v) is 20.4. The molecule has 3 aromatic heterocycles. The number of likely N-dealkylation sites (N-methyl/N-ethyl adjacent to an activating group) is 1. The van der Waals surface area contributed by atoms with Crippen molar-refractivity contribution < 1.29 is 0 Å². The normalized spacial score (nSPS) is 15.0. The fourth-order valence-corrected chi connectivity index (χ4v) is 5.01. The molecule has 1 fully saturated rings. The molecule has 0 atom stereocenters. The zero-order valence-electron chi connectivity index (χ0n) is 19.6. The smallest absolute Gasteiger partial charge is 0.209 e. The molecule has 0 aliphatic carbocycles. The first kappa shape index (κ1) is 21.9. The third kappa shape index (κ3) is 4.81. The van der Waals surface area contributed by atoms with Gasteiger partial charge in [0.2, 0.25) is 5.13 Å². The molecule has 0 bridgehead atoms. The van der Waals surface area contributed by atoms with Crippen LogP contribution in [0.5, 0.6) is 0 Å². The summed E-state index contributed by atoms with van der Waals surface area (Å²) in [7, 11) is 2.20. The Morgan fingerprint density at radius 3 is 2.57 bits per heavy atom. The highest BCUT2D eigenvalue weighted by Crippen LogP contribution is 2.28. The minimum Gasteiger partial charge on any atom is -0.330 e. The van der Waals surface area contributed by atoms with Crippen LogP contribution >= 0.6 is 11.3 Å². The van der Waals surface area contributed by atoms with Crippen molar-refractivity contribution in [2.45, 2.75) is 6.54 Å². The summed E-state index contributed by atoms with van der Waals surface area (Å²) in [6.07, 6.45) is 4.04. The van der Waals surface area contributed by atoms with Crippen LogP contribution in [0.3, 0.4) is 0 Å². The Morgan fingerprint density at radius 2 is 1.77 bits per heavy atom. The summed E-state index contributed by atoms with van der Waals surface area (Å²) in [4.78, 5) is 9.63. The molecule has 5 aromatic rings. The van der Waals surface area contributed by atoms with Gasteiger partial charge in [-0.1, -0.05) is 47.7 Å². The number of rotatable bonds is 6. The van der Waals surface area contributed by atoms with E-state index in [-0.39, 0.29) is 0 Å². The molecular formula is C27H27N7S. The van der Waals surface area contributed by atoms with Gasteiger partial charge >= 0.3 is 0 Å². The van der Waals surface area contributed by atoms with E-state index in [2.05, 4.69) is 91.5 Å². The molecule has 0 spiro atoms. The molecule has 0 amide bonds. The summed E-state index contributed by atoms with van der Waals surface area (Å²) in [6.45, 7) is 5.59. The second-order valence-corrected chi connectivity index (χ2v) is 9.85. The minimum absolute atomic E-state index is 0.777. The van der Waals surface area contributed by atoms with E-state index in [1.807, 2.05) is 18.3 Å². The first-order valence-electron chi connectivity index (χ1n) is 11.8. The summed E-state index contributed by atoms with van der Waals surface area (Å²) >= 11 is 1.48. The van der Waals surface area contributed by atoms with Gasteiger partial charge in [0.1, 0.15) is 11.2 Å². The van der Waals surface area contributed by atoms with Crippen molar-refractivity contribution in [2.75, 3.05) is 38.5 Å². The van der Waals surface area contributed by atoms with Gasteiger partial charge in [0.25, 0.3) is 0 Å². The van der Waals surface area contributed by atoms with Gasteiger partial charge < -0.3 is 10.2 Å². The standard InChI is InChI=1S/C27H27N7S/c1-32-11-13-33(14-12-32)18-20-5-7-21(8-6-20)22-9-10-34-25(17-28-26(34)16-22)23-3-2-4-24(15-23)30-27-31-29-19-35-27/h2-10,15-17,19H,11-14,18H2,1H3,(H,30,31). The van der Waals surface area contributed by atoms with E-state index in [1.54, 1.807) is 5.51 Å². The Balaban J connectivity index is 1.20. The van der Waals surface area contributed by atoms with Crippen molar-refractivity contribution in [1.82, 2.24) is 29.4 Å². The fraction of sp³-hybridized carbons (Fsp3) is 0.222. The number of nitrogens with zero attached hydrogens (tertiary/aromatic N) is 6. The van der Waals surface area contributed by atoms with Crippen LogP contribution in [0.25, 0.3) is 28.0 Å². The largest absolute Gasteiger partial charge is 0.330 e. The van der Waals surface area contributed by atoms with Crippen molar-refractivity contribution in [3.63, 3.8) is 0 Å². The van der Waals surface area contributed by atoms with Crippen molar-refractivity contribution >= 4 is 27.8 Å². The molecule has 1 aliphatic heterocycles. The summed E-state index contributed by atoms with van der Waals surface area (Å²) < 4.78 is 2.13. The first-order valence-corrected chi connectivity index (χ1v) is 12.7. The molecule has 35 heavy (non-hydrogen) atoms. The lowest BCUT2D eigenvalue weighted by Crippen LogP contribution is -2.43. The molecule has 0 radical (unpaired) electrons. The molecule has 0 unspecified atom stereocenters. The van der Waals surface area contributed by atoms with E-state index in [9.17, 15) is 0 Å². The third-order valence-electron chi connectivity index (χ3n) is 6.57. The maximum atomic E-state index is 4.70. The molecule has 2 aromatic carbocycles. The number of hydrogen-bond donors (Lipinski definition) is 1. The van der Waals surface area contributed by atoms with E-state index in [1.165, 1.54) is 28.0 Å². The van der Waals surface area contributed by atoms with Crippen molar-refractivity contribution in [3.05, 3.63) is 84.1 Å². The molecule has 1 saturated heterocycles. The van der Waals surface area contributed by atoms with Crippen molar-refractivity contribution in [1.29, 1.82) is 0 Å². The van der Waals surface area contributed by atoms with Crippen molar-refractivity contribution in [2.24, 2.45) is 0 Å². The monoisotopic (exact) mass is 481 g/mol. The Hall–Kier alpha value is -3.59. The number of anilines is 2. The van der Waals surface area contributed by atoms with Crippen LogP contribution in [0.1, 0.15) is 5.56 Å². The summed E-state index contributed by atoms with van der Waals surface area (Å²) in [5.41, 5.74) is 9.52. The van der Waals surface area contributed by atoms with E-state index < -0.39 is 0 Å². The van der Waals surface area contributed by atoms with Crippen LogP contribution in [0.2, 0.25) is 0 Å². The number of fused-ring (bicyclic) bond motifs is 1. The second-order valence-electron chi connectivity index (χ2n) is 9.01. The number of hydrogen-bond acceptors (Lipinski definition) is 7. The molecule has 0 saturated carbocycles. The molecule has 7 nitrogen and oxygen atoms in total. The van der Waals surface area contributed by atoms with Crippen LogP contribution in [0.15, 0.2) is 78.6 Å². The van der Waals surface area contributed by atoms with E-state index in [4.69, 9.17) is 4.98 Å². The molecule has 6 rings (SSSR count). The minimum atomic E-state index is 0.777. The van der Waals surface area contributed by atoms with E-state index in [0.717, 1.165) is 60.4 Å². The number of imidazole rings is 1. The lowest BCUT2D eigenvalue weighted by molar-refractivity contribution is 0.148. The molecule has 8 heteroatoms. The predicted octanol–water partition coefficient (Wildman–Crippen LogP) is 5.01. The lowest BCUT2D eigenvalue weighted by atomic mass is 10.0. The van der Waals surface area contributed by atoms with Gasteiger partial charge in [0.15, 0.2) is 0 Å². The maximum absolute atomic E-state index is 4.70. The molecule has 1 N–H and O–H groups in total. The first-order chi connectivity index (χ1) is 17.2. The van der Waals surface area contributed by atoms with E-state index in [0.29, 0.717) is 0 Å². The highest BCUT2D eigenvalue weighted by Gasteiger charge is 2.14. The number of nitrogens with one attached hydrogen (secondary N) is 1. The number of pyridine rings is 1. The van der Waals surface area contributed by atoms with Gasteiger partial charge in [-0.15, -0.1) is 10.2 Å². The molecular weight excluding hydrogens is 454 g/mol. The van der Waals surface area contributed by atoms with Crippen LogP contribution < -0.4 is 5.32 Å². The van der Waals surface area contributed by atoms with Crippen molar-refractivity contribution in [3.8, 4) is 22.4 Å². The van der Waals surface area contributed by atoms with Crippen LogP contribution in [0.4, 0.5) is 10.8 Å². The van der Waals surface area contributed by atoms with Crippen LogP contribution in [0, 0.1) is 0 Å². The maximum Gasteiger partial charge on any atom is 0.209 e. The molecule has 176 valence electrons. The van der Waals surface area contributed by atoms with Gasteiger partial charge in [0, 0.05) is 50.2 Å². The highest BCUT2D eigenvalue weighted by molar-refractivity contribution is 7.13. The van der Waals surface area contributed by atoms with Crippen LogP contribution in [-0.2, 0) is 6.54 Å². The van der Waals surface area contributed by atoms with Crippen LogP contribution in [-0.4, -0.2) is 62.6 Å². The molecule has 1 aliphatic rings. The summed E-state index contributed by atoms with van der Waals surface area (Å²) in [6, 6.07) is 21.6. The second kappa shape index (κ2) is 9.58. The van der Waals surface area contributed by atoms with Gasteiger partial charge in [-0.2, -0.15) is 0 Å².